The second-order valence-electron chi connectivity index (χ2n) is 6.03. The van der Waals surface area contributed by atoms with E-state index in [2.05, 4.69) is 10.6 Å². The lowest BCUT2D eigenvalue weighted by Gasteiger charge is -2.24. The molecule has 4 N–H and O–H groups in total. The van der Waals surface area contributed by atoms with Gasteiger partial charge in [-0.3, -0.25) is 4.79 Å². The summed E-state index contributed by atoms with van der Waals surface area (Å²) in [6.45, 7) is 0. The van der Waals surface area contributed by atoms with E-state index in [9.17, 15) is 4.79 Å². The first-order valence-electron chi connectivity index (χ1n) is 7.69. The first-order valence-corrected chi connectivity index (χ1v) is 7.69. The fraction of sp³-hybridized carbons (Fsp3) is 0.562. The Labute approximate surface area is 120 Å². The third-order valence-corrected chi connectivity index (χ3v) is 4.19. The van der Waals surface area contributed by atoms with Crippen LogP contribution in [0.2, 0.25) is 0 Å². The molecule has 0 spiro atoms. The molecule has 3 rings (SSSR count). The zero-order valence-corrected chi connectivity index (χ0v) is 11.8. The normalized spacial score (nSPS) is 19.6. The molecule has 2 fully saturated rings. The molecular formula is C16H23N3O. The molecule has 0 saturated heterocycles. The van der Waals surface area contributed by atoms with Crippen molar-refractivity contribution in [2.45, 2.75) is 57.0 Å². The maximum atomic E-state index is 12.0. The Morgan fingerprint density at radius 1 is 1.05 bits per heavy atom. The van der Waals surface area contributed by atoms with Crippen LogP contribution in [0.3, 0.4) is 0 Å². The zero-order valence-electron chi connectivity index (χ0n) is 11.8. The van der Waals surface area contributed by atoms with Crippen LogP contribution in [0.25, 0.3) is 0 Å². The average molecular weight is 273 g/mol. The van der Waals surface area contributed by atoms with E-state index in [4.69, 9.17) is 5.73 Å². The van der Waals surface area contributed by atoms with Gasteiger partial charge in [-0.1, -0.05) is 19.3 Å². The largest absolute Gasteiger partial charge is 0.397 e. The van der Waals surface area contributed by atoms with E-state index >= 15 is 0 Å². The number of carbonyl (C=O) groups is 1. The van der Waals surface area contributed by atoms with Crippen LogP contribution in [0.4, 0.5) is 11.4 Å². The summed E-state index contributed by atoms with van der Waals surface area (Å²) in [5, 5.41) is 6.50. The number of hydrogen-bond acceptors (Lipinski definition) is 3. The lowest BCUT2D eigenvalue weighted by Crippen LogP contribution is -2.26. The van der Waals surface area contributed by atoms with E-state index in [0.29, 0.717) is 23.3 Å². The van der Waals surface area contributed by atoms with Gasteiger partial charge >= 0.3 is 0 Å². The number of anilines is 2. The highest BCUT2D eigenvalue weighted by atomic mass is 16.1. The van der Waals surface area contributed by atoms with E-state index in [0.717, 1.165) is 18.5 Å². The number of rotatable bonds is 4. The van der Waals surface area contributed by atoms with Gasteiger partial charge in [0, 0.05) is 17.6 Å². The van der Waals surface area contributed by atoms with E-state index in [1.165, 1.54) is 32.1 Å². The summed E-state index contributed by atoms with van der Waals surface area (Å²) >= 11 is 0. The quantitative estimate of drug-likeness (QED) is 0.739. The first kappa shape index (κ1) is 13.3. The molecule has 4 nitrogen and oxygen atoms in total. The lowest BCUT2D eigenvalue weighted by atomic mass is 9.95. The molecule has 0 atom stereocenters. The van der Waals surface area contributed by atoms with Crippen LogP contribution in [0.15, 0.2) is 18.2 Å². The molecule has 20 heavy (non-hydrogen) atoms. The molecule has 0 heterocycles. The van der Waals surface area contributed by atoms with Crippen LogP contribution in [0, 0.1) is 0 Å². The van der Waals surface area contributed by atoms with Crippen LogP contribution in [-0.2, 0) is 0 Å². The van der Waals surface area contributed by atoms with Crippen molar-refractivity contribution in [3.63, 3.8) is 0 Å². The van der Waals surface area contributed by atoms with Crippen LogP contribution >= 0.6 is 0 Å². The van der Waals surface area contributed by atoms with Gasteiger partial charge in [-0.25, -0.2) is 0 Å². The Bertz CT molecular complexity index is 490. The molecule has 0 aromatic heterocycles. The monoisotopic (exact) mass is 273 g/mol. The van der Waals surface area contributed by atoms with Crippen LogP contribution in [0.5, 0.6) is 0 Å². The molecule has 0 unspecified atom stereocenters. The third-order valence-electron chi connectivity index (χ3n) is 4.19. The Kier molecular flexibility index (Phi) is 3.81. The highest BCUT2D eigenvalue weighted by Gasteiger charge is 2.24. The van der Waals surface area contributed by atoms with Crippen molar-refractivity contribution in [2.24, 2.45) is 0 Å². The van der Waals surface area contributed by atoms with Crippen molar-refractivity contribution in [3.8, 4) is 0 Å². The summed E-state index contributed by atoms with van der Waals surface area (Å²) in [6.07, 6.45) is 8.55. The molecule has 1 aromatic carbocycles. The van der Waals surface area contributed by atoms with Crippen LogP contribution in [0.1, 0.15) is 55.3 Å². The molecule has 1 aromatic rings. The smallest absolute Gasteiger partial charge is 0.251 e. The lowest BCUT2D eigenvalue weighted by molar-refractivity contribution is 0.0951. The molecule has 2 saturated carbocycles. The summed E-state index contributed by atoms with van der Waals surface area (Å²) in [5.74, 6) is -0.0107. The second-order valence-corrected chi connectivity index (χ2v) is 6.03. The number of nitrogens with one attached hydrogen (secondary N) is 2. The fourth-order valence-electron chi connectivity index (χ4n) is 2.80. The number of benzene rings is 1. The number of nitrogens with two attached hydrogens (primary N) is 1. The minimum Gasteiger partial charge on any atom is -0.397 e. The predicted molar refractivity (Wildman–Crippen MR) is 81.8 cm³/mol. The van der Waals surface area contributed by atoms with Crippen LogP contribution < -0.4 is 16.4 Å². The number of amides is 1. The Hall–Kier alpha value is -1.71. The SMILES string of the molecule is Nc1cc(C(=O)NC2CC2)ccc1NC1CCCCC1. The van der Waals surface area contributed by atoms with Gasteiger partial charge in [0.25, 0.3) is 5.91 Å². The van der Waals surface area contributed by atoms with Gasteiger partial charge in [-0.2, -0.15) is 0 Å². The van der Waals surface area contributed by atoms with E-state index < -0.39 is 0 Å². The number of carbonyl (C=O) groups excluding carboxylic acids is 1. The maximum absolute atomic E-state index is 12.0. The molecule has 0 aliphatic heterocycles. The van der Waals surface area contributed by atoms with Crippen molar-refractivity contribution in [1.82, 2.24) is 5.32 Å². The van der Waals surface area contributed by atoms with Gasteiger partial charge in [0.1, 0.15) is 0 Å². The van der Waals surface area contributed by atoms with E-state index in [1.54, 1.807) is 6.07 Å². The summed E-state index contributed by atoms with van der Waals surface area (Å²) in [4.78, 5) is 12.0. The molecule has 108 valence electrons. The van der Waals surface area contributed by atoms with Gasteiger partial charge in [-0.05, 0) is 43.9 Å². The standard InChI is InChI=1S/C16H23N3O/c17-14-10-11(16(20)19-13-7-8-13)6-9-15(14)18-12-4-2-1-3-5-12/h6,9-10,12-13,18H,1-5,7-8,17H2,(H,19,20). The molecule has 0 bridgehead atoms. The average Bonchev–Trinajstić information content (AvgIpc) is 3.26. The van der Waals surface area contributed by atoms with Crippen molar-refractivity contribution >= 4 is 17.3 Å². The Morgan fingerprint density at radius 2 is 1.80 bits per heavy atom. The molecule has 4 heteroatoms. The van der Waals surface area contributed by atoms with Gasteiger partial charge in [-0.15, -0.1) is 0 Å². The Balaban J connectivity index is 1.64. The van der Waals surface area contributed by atoms with Crippen molar-refractivity contribution < 1.29 is 4.79 Å². The van der Waals surface area contributed by atoms with Crippen molar-refractivity contribution in [3.05, 3.63) is 23.8 Å². The predicted octanol–water partition coefficient (Wildman–Crippen LogP) is 2.91. The van der Waals surface area contributed by atoms with Crippen molar-refractivity contribution in [1.29, 1.82) is 0 Å². The third kappa shape index (κ3) is 3.24. The first-order chi connectivity index (χ1) is 9.72. The maximum Gasteiger partial charge on any atom is 0.251 e. The zero-order chi connectivity index (χ0) is 13.9. The van der Waals surface area contributed by atoms with Gasteiger partial charge in [0.05, 0.1) is 11.4 Å². The molecule has 0 radical (unpaired) electrons. The number of hydrogen-bond donors (Lipinski definition) is 3. The minimum absolute atomic E-state index is 0.0107. The minimum atomic E-state index is -0.0107. The summed E-state index contributed by atoms with van der Waals surface area (Å²) in [5.41, 5.74) is 8.36. The fourth-order valence-corrected chi connectivity index (χ4v) is 2.80. The Morgan fingerprint density at radius 3 is 2.45 bits per heavy atom. The number of nitrogen functional groups attached to an aromatic ring is 1. The van der Waals surface area contributed by atoms with Gasteiger partial charge in [0.15, 0.2) is 0 Å². The molecule has 2 aliphatic rings. The van der Waals surface area contributed by atoms with Gasteiger partial charge in [0.2, 0.25) is 0 Å². The highest BCUT2D eigenvalue weighted by molar-refractivity contribution is 5.96. The van der Waals surface area contributed by atoms with Crippen LogP contribution in [-0.4, -0.2) is 18.0 Å². The van der Waals surface area contributed by atoms with Crippen molar-refractivity contribution in [2.75, 3.05) is 11.1 Å². The molecule has 1 amide bonds. The summed E-state index contributed by atoms with van der Waals surface area (Å²) in [7, 11) is 0. The second kappa shape index (κ2) is 5.73. The highest BCUT2D eigenvalue weighted by Crippen LogP contribution is 2.26. The topological polar surface area (TPSA) is 67.2 Å². The summed E-state index contributed by atoms with van der Waals surface area (Å²) < 4.78 is 0. The van der Waals surface area contributed by atoms with E-state index in [-0.39, 0.29) is 5.91 Å². The van der Waals surface area contributed by atoms with E-state index in [1.807, 2.05) is 12.1 Å². The summed E-state index contributed by atoms with van der Waals surface area (Å²) in [6, 6.07) is 6.48. The molecular weight excluding hydrogens is 250 g/mol. The van der Waals surface area contributed by atoms with Gasteiger partial charge < -0.3 is 16.4 Å². The molecule has 2 aliphatic carbocycles.